The van der Waals surface area contributed by atoms with Crippen LogP contribution in [0.25, 0.3) is 0 Å². The molecule has 5 heteroatoms. The lowest BCUT2D eigenvalue weighted by atomic mass is 10.1. The Hall–Kier alpha value is -1.26. The zero-order chi connectivity index (χ0) is 15.0. The summed E-state index contributed by atoms with van der Waals surface area (Å²) in [6.07, 6.45) is -0.336. The summed E-state index contributed by atoms with van der Waals surface area (Å²) in [5, 5.41) is 2.80. The van der Waals surface area contributed by atoms with Crippen molar-refractivity contribution in [3.63, 3.8) is 0 Å². The molecule has 0 aromatic heterocycles. The van der Waals surface area contributed by atoms with Gasteiger partial charge in [0.1, 0.15) is 6.61 Å². The van der Waals surface area contributed by atoms with Crippen LogP contribution in [0.3, 0.4) is 0 Å². The number of hydrogen-bond acceptors (Lipinski definition) is 2. The third-order valence-corrected chi connectivity index (χ3v) is 3.61. The third-order valence-electron chi connectivity index (χ3n) is 3.61. The molecule has 0 aliphatic heterocycles. The van der Waals surface area contributed by atoms with E-state index in [0.29, 0.717) is 13.2 Å². The number of ether oxygens (including phenoxy) is 1. The Kier molecular flexibility index (Phi) is 9.84. The van der Waals surface area contributed by atoms with Crippen LogP contribution in [0.4, 0.5) is 4.79 Å². The van der Waals surface area contributed by atoms with Crippen molar-refractivity contribution in [2.45, 2.75) is 34.3 Å². The van der Waals surface area contributed by atoms with E-state index in [1.807, 2.05) is 13.8 Å². The number of carbonyl (C=O) groups excluding carboxylic acids is 1. The SMILES string of the molecule is CC[NH+](CC)CCNC(=O)OCc1cc(C)ccc1C.[Cl-]. The van der Waals surface area contributed by atoms with Gasteiger partial charge in [-0.15, -0.1) is 0 Å². The van der Waals surface area contributed by atoms with Crippen molar-refractivity contribution in [2.24, 2.45) is 0 Å². The first-order valence-corrected chi connectivity index (χ1v) is 7.37. The molecule has 0 heterocycles. The van der Waals surface area contributed by atoms with Gasteiger partial charge in [-0.2, -0.15) is 0 Å². The van der Waals surface area contributed by atoms with Gasteiger partial charge < -0.3 is 27.4 Å². The first-order valence-electron chi connectivity index (χ1n) is 7.37. The third kappa shape index (κ3) is 7.34. The molecule has 0 aliphatic carbocycles. The smallest absolute Gasteiger partial charge is 0.407 e. The Bertz CT molecular complexity index is 434. The molecular weight excluding hydrogens is 288 g/mol. The van der Waals surface area contributed by atoms with E-state index in [0.717, 1.165) is 30.8 Å². The fraction of sp³-hybridized carbons (Fsp3) is 0.562. The molecule has 0 saturated heterocycles. The topological polar surface area (TPSA) is 42.8 Å². The first kappa shape index (κ1) is 19.7. The van der Waals surface area contributed by atoms with Gasteiger partial charge in [0.25, 0.3) is 0 Å². The van der Waals surface area contributed by atoms with E-state index in [1.165, 1.54) is 10.5 Å². The van der Waals surface area contributed by atoms with Crippen molar-refractivity contribution in [2.75, 3.05) is 26.2 Å². The minimum atomic E-state index is -0.336. The molecule has 1 amide bonds. The first-order chi connectivity index (χ1) is 9.56. The highest BCUT2D eigenvalue weighted by Crippen LogP contribution is 2.11. The van der Waals surface area contributed by atoms with Crippen LogP contribution in [-0.2, 0) is 11.3 Å². The summed E-state index contributed by atoms with van der Waals surface area (Å²) in [5.74, 6) is 0. The molecule has 120 valence electrons. The fourth-order valence-corrected chi connectivity index (χ4v) is 2.09. The number of carbonyl (C=O) groups is 1. The van der Waals surface area contributed by atoms with Gasteiger partial charge in [-0.25, -0.2) is 4.79 Å². The van der Waals surface area contributed by atoms with E-state index in [4.69, 9.17) is 4.74 Å². The second-order valence-electron chi connectivity index (χ2n) is 5.14. The zero-order valence-corrected chi connectivity index (χ0v) is 14.2. The van der Waals surface area contributed by atoms with Gasteiger partial charge in [0.2, 0.25) is 0 Å². The molecule has 0 aliphatic rings. The average molecular weight is 315 g/mol. The number of amides is 1. The summed E-state index contributed by atoms with van der Waals surface area (Å²) >= 11 is 0. The van der Waals surface area contributed by atoms with E-state index < -0.39 is 0 Å². The van der Waals surface area contributed by atoms with Crippen LogP contribution >= 0.6 is 0 Å². The van der Waals surface area contributed by atoms with Crippen LogP contribution in [0.1, 0.15) is 30.5 Å². The number of nitrogens with one attached hydrogen (secondary N) is 2. The van der Waals surface area contributed by atoms with Gasteiger partial charge >= 0.3 is 6.09 Å². The molecular formula is C16H27ClN2O2. The number of likely N-dealkylation sites (N-methyl/N-ethyl adjacent to an activating group) is 1. The summed E-state index contributed by atoms with van der Waals surface area (Å²) in [7, 11) is 0. The number of rotatable bonds is 7. The van der Waals surface area contributed by atoms with Crippen molar-refractivity contribution in [1.82, 2.24) is 5.32 Å². The molecule has 1 rings (SSSR count). The van der Waals surface area contributed by atoms with Crippen molar-refractivity contribution in [1.29, 1.82) is 0 Å². The number of halogens is 1. The monoisotopic (exact) mass is 314 g/mol. The van der Waals surface area contributed by atoms with E-state index in [1.54, 1.807) is 0 Å². The minimum absolute atomic E-state index is 0. The highest BCUT2D eigenvalue weighted by Gasteiger charge is 2.07. The number of benzene rings is 1. The average Bonchev–Trinajstić information content (AvgIpc) is 2.44. The lowest BCUT2D eigenvalue weighted by molar-refractivity contribution is -0.895. The predicted molar refractivity (Wildman–Crippen MR) is 81.0 cm³/mol. The van der Waals surface area contributed by atoms with E-state index in [2.05, 4.69) is 37.4 Å². The van der Waals surface area contributed by atoms with Crippen molar-refractivity contribution < 1.29 is 26.8 Å². The van der Waals surface area contributed by atoms with Gasteiger partial charge in [-0.1, -0.05) is 23.8 Å². The molecule has 0 atom stereocenters. The summed E-state index contributed by atoms with van der Waals surface area (Å²) in [6.45, 7) is 12.4. The van der Waals surface area contributed by atoms with E-state index in [-0.39, 0.29) is 18.5 Å². The Labute approximate surface area is 134 Å². The Balaban J connectivity index is 0.00000400. The maximum absolute atomic E-state index is 11.6. The molecule has 0 unspecified atom stereocenters. The Morgan fingerprint density at radius 2 is 1.90 bits per heavy atom. The number of hydrogen-bond donors (Lipinski definition) is 2. The summed E-state index contributed by atoms with van der Waals surface area (Å²) in [4.78, 5) is 13.1. The van der Waals surface area contributed by atoms with Crippen molar-refractivity contribution in [3.05, 3.63) is 34.9 Å². The second-order valence-corrected chi connectivity index (χ2v) is 5.14. The Morgan fingerprint density at radius 3 is 2.52 bits per heavy atom. The lowest BCUT2D eigenvalue weighted by Gasteiger charge is -2.15. The van der Waals surface area contributed by atoms with Crippen LogP contribution < -0.4 is 22.6 Å². The quantitative estimate of drug-likeness (QED) is 0.640. The Morgan fingerprint density at radius 1 is 1.24 bits per heavy atom. The fourth-order valence-electron chi connectivity index (χ4n) is 2.09. The zero-order valence-electron chi connectivity index (χ0n) is 13.5. The van der Waals surface area contributed by atoms with Gasteiger partial charge in [0.15, 0.2) is 0 Å². The molecule has 21 heavy (non-hydrogen) atoms. The highest BCUT2D eigenvalue weighted by atomic mass is 35.5. The molecule has 0 bridgehead atoms. The normalized spacial score (nSPS) is 10.1. The van der Waals surface area contributed by atoms with Crippen molar-refractivity contribution in [3.8, 4) is 0 Å². The van der Waals surface area contributed by atoms with Gasteiger partial charge in [-0.05, 0) is 38.8 Å². The number of aryl methyl sites for hydroxylation is 2. The van der Waals surface area contributed by atoms with Crippen molar-refractivity contribution >= 4 is 6.09 Å². The molecule has 2 N–H and O–H groups in total. The number of alkyl carbamates (subject to hydrolysis) is 1. The molecule has 0 saturated carbocycles. The minimum Gasteiger partial charge on any atom is -1.00 e. The molecule has 4 nitrogen and oxygen atoms in total. The van der Waals surface area contributed by atoms with Gasteiger partial charge in [0, 0.05) is 0 Å². The van der Waals surface area contributed by atoms with Crippen LogP contribution in [0, 0.1) is 13.8 Å². The second kappa shape index (κ2) is 10.5. The predicted octanol–water partition coefficient (Wildman–Crippen LogP) is -1.54. The molecule has 1 aromatic carbocycles. The summed E-state index contributed by atoms with van der Waals surface area (Å²) < 4.78 is 5.25. The summed E-state index contributed by atoms with van der Waals surface area (Å²) in [5.41, 5.74) is 3.39. The van der Waals surface area contributed by atoms with Crippen LogP contribution in [0.15, 0.2) is 18.2 Å². The van der Waals surface area contributed by atoms with Crippen LogP contribution in [0.5, 0.6) is 0 Å². The van der Waals surface area contributed by atoms with Gasteiger partial charge in [0.05, 0.1) is 26.2 Å². The molecule has 1 aromatic rings. The largest absolute Gasteiger partial charge is 1.00 e. The maximum atomic E-state index is 11.6. The summed E-state index contributed by atoms with van der Waals surface area (Å²) in [6, 6.07) is 6.17. The van der Waals surface area contributed by atoms with Gasteiger partial charge in [-0.3, -0.25) is 0 Å². The molecule has 0 spiro atoms. The van der Waals surface area contributed by atoms with E-state index in [9.17, 15) is 4.79 Å². The van der Waals surface area contributed by atoms with E-state index >= 15 is 0 Å². The molecule has 0 fully saturated rings. The lowest BCUT2D eigenvalue weighted by Crippen LogP contribution is -3.12. The van der Waals surface area contributed by atoms with Crippen LogP contribution in [0.2, 0.25) is 0 Å². The maximum Gasteiger partial charge on any atom is 0.407 e. The number of quaternary nitrogens is 1. The standard InChI is InChI=1S/C16H26N2O2.ClH/c1-5-18(6-2)10-9-17-16(19)20-12-15-11-13(3)7-8-14(15)4;/h7-8,11H,5-6,9-10,12H2,1-4H3,(H,17,19);1H. The van der Waals surface area contributed by atoms with Crippen LogP contribution in [-0.4, -0.2) is 32.3 Å². The molecule has 0 radical (unpaired) electrons. The highest BCUT2D eigenvalue weighted by molar-refractivity contribution is 5.67.